The van der Waals surface area contributed by atoms with Crippen molar-refractivity contribution in [3.05, 3.63) is 43.0 Å². The molecule has 0 radical (unpaired) electrons. The number of benzene rings is 1. The number of nitrogens with zero attached hydrogens (tertiary/aromatic N) is 3. The van der Waals surface area contributed by atoms with Crippen molar-refractivity contribution >= 4 is 69.5 Å². The molecule has 0 saturated heterocycles. The second-order valence-corrected chi connectivity index (χ2v) is 10.7. The molecule has 1 amide bonds. The van der Waals surface area contributed by atoms with Crippen LogP contribution in [0, 0.1) is 5.92 Å². The lowest BCUT2D eigenvalue weighted by molar-refractivity contribution is -0.113. The highest BCUT2D eigenvalue weighted by molar-refractivity contribution is 7.99. The second-order valence-electron chi connectivity index (χ2n) is 7.53. The number of anilines is 1. The molecule has 2 aromatic heterocycles. The van der Waals surface area contributed by atoms with Crippen molar-refractivity contribution < 1.29 is 4.79 Å². The summed E-state index contributed by atoms with van der Waals surface area (Å²) in [4.78, 5) is 13.9. The first kappa shape index (κ1) is 22.9. The van der Waals surface area contributed by atoms with Crippen molar-refractivity contribution in [3.8, 4) is 11.4 Å². The molecule has 4 rings (SSSR count). The average Bonchev–Trinajstić information content (AvgIpc) is 3.33. The van der Waals surface area contributed by atoms with E-state index < -0.39 is 0 Å². The number of amides is 1. The molecule has 164 valence electrons. The number of thiophene rings is 1. The summed E-state index contributed by atoms with van der Waals surface area (Å²) in [5.41, 5.74) is 3.02. The monoisotopic (exact) mass is 514 g/mol. The van der Waals surface area contributed by atoms with Crippen LogP contribution in [0.1, 0.15) is 30.7 Å². The average molecular weight is 516 g/mol. The zero-order valence-corrected chi connectivity index (χ0v) is 20.9. The van der Waals surface area contributed by atoms with Gasteiger partial charge in [0.15, 0.2) is 11.0 Å². The van der Waals surface area contributed by atoms with E-state index in [1.54, 1.807) is 6.07 Å². The van der Waals surface area contributed by atoms with Crippen LogP contribution in [0.15, 0.2) is 22.7 Å². The van der Waals surface area contributed by atoms with Gasteiger partial charge in [-0.15, -0.1) is 21.5 Å². The topological polar surface area (TPSA) is 59.8 Å². The van der Waals surface area contributed by atoms with E-state index in [4.69, 9.17) is 34.8 Å². The van der Waals surface area contributed by atoms with Crippen molar-refractivity contribution in [2.24, 2.45) is 5.92 Å². The van der Waals surface area contributed by atoms with Gasteiger partial charge >= 0.3 is 0 Å². The van der Waals surface area contributed by atoms with E-state index in [1.165, 1.54) is 40.3 Å². The quantitative estimate of drug-likeness (QED) is 0.288. The molecule has 1 aliphatic carbocycles. The van der Waals surface area contributed by atoms with Gasteiger partial charge in [0.05, 0.1) is 26.5 Å². The van der Waals surface area contributed by atoms with Crippen LogP contribution in [0.2, 0.25) is 15.1 Å². The lowest BCUT2D eigenvalue weighted by Crippen LogP contribution is -2.15. The number of halogens is 3. The number of aromatic nitrogens is 3. The first-order chi connectivity index (χ1) is 14.9. The van der Waals surface area contributed by atoms with Crippen molar-refractivity contribution in [2.75, 3.05) is 11.1 Å². The van der Waals surface area contributed by atoms with E-state index in [2.05, 4.69) is 39.3 Å². The maximum atomic E-state index is 12.5. The molecule has 1 aliphatic rings. The fourth-order valence-electron chi connectivity index (χ4n) is 3.68. The summed E-state index contributed by atoms with van der Waals surface area (Å²) < 4.78 is 2.07. The Balaban J connectivity index is 1.48. The van der Waals surface area contributed by atoms with Crippen molar-refractivity contribution in [1.29, 1.82) is 0 Å². The van der Waals surface area contributed by atoms with Crippen molar-refractivity contribution in [3.63, 3.8) is 0 Å². The minimum atomic E-state index is -0.209. The van der Waals surface area contributed by atoms with Crippen LogP contribution in [-0.4, -0.2) is 26.4 Å². The van der Waals surface area contributed by atoms with Crippen LogP contribution in [0.4, 0.5) is 5.69 Å². The fraction of sp³-hybridized carbons (Fsp3) is 0.381. The highest BCUT2D eigenvalue weighted by Crippen LogP contribution is 2.38. The maximum absolute atomic E-state index is 12.5. The number of carbonyl (C=O) groups excluding carboxylic acids is 1. The fourth-order valence-corrected chi connectivity index (χ4v) is 6.32. The van der Waals surface area contributed by atoms with Gasteiger partial charge in [-0.05, 0) is 49.8 Å². The minimum Gasteiger partial charge on any atom is -0.324 e. The summed E-state index contributed by atoms with van der Waals surface area (Å²) in [7, 11) is 0. The third kappa shape index (κ3) is 4.91. The molecule has 5 nitrogen and oxygen atoms in total. The molecule has 0 bridgehead atoms. The molecular weight excluding hydrogens is 495 g/mol. The van der Waals surface area contributed by atoms with E-state index in [0.717, 1.165) is 36.3 Å². The van der Waals surface area contributed by atoms with Crippen LogP contribution >= 0.6 is 57.9 Å². The van der Waals surface area contributed by atoms with Crippen molar-refractivity contribution in [1.82, 2.24) is 14.8 Å². The Morgan fingerprint density at radius 2 is 2.03 bits per heavy atom. The molecule has 2 heterocycles. The number of fused-ring (bicyclic) bond motifs is 1. The Labute approximate surface area is 204 Å². The van der Waals surface area contributed by atoms with E-state index in [-0.39, 0.29) is 11.7 Å². The summed E-state index contributed by atoms with van der Waals surface area (Å²) in [5.74, 6) is 1.58. The van der Waals surface area contributed by atoms with Gasteiger partial charge in [-0.3, -0.25) is 4.79 Å². The lowest BCUT2D eigenvalue weighted by atomic mass is 9.88. The number of hydrogen-bond donors (Lipinski definition) is 1. The molecule has 0 fully saturated rings. The molecular formula is C21H21Cl3N4OS2. The Bertz CT molecular complexity index is 1130. The maximum Gasteiger partial charge on any atom is 0.234 e. The SMILES string of the molecule is CCn1c(SCC(=O)Nc2cc(Cl)c(Cl)cc2Cl)nnc1-c1csc2c1CCC(C)C2. The molecule has 31 heavy (non-hydrogen) atoms. The first-order valence-electron chi connectivity index (χ1n) is 9.97. The second kappa shape index (κ2) is 9.71. The Morgan fingerprint density at radius 3 is 2.81 bits per heavy atom. The number of hydrogen-bond acceptors (Lipinski definition) is 5. The first-order valence-corrected chi connectivity index (χ1v) is 13.0. The van der Waals surface area contributed by atoms with Gasteiger partial charge < -0.3 is 9.88 Å². The molecule has 1 unspecified atom stereocenters. The van der Waals surface area contributed by atoms with E-state index in [9.17, 15) is 4.79 Å². The van der Waals surface area contributed by atoms with E-state index in [0.29, 0.717) is 20.8 Å². The lowest BCUT2D eigenvalue weighted by Gasteiger charge is -2.19. The van der Waals surface area contributed by atoms with Crippen LogP contribution in [0.5, 0.6) is 0 Å². The predicted molar refractivity (Wildman–Crippen MR) is 131 cm³/mol. The molecule has 1 aromatic carbocycles. The Kier molecular flexibility index (Phi) is 7.18. The van der Waals surface area contributed by atoms with Crippen molar-refractivity contribution in [2.45, 2.75) is 44.8 Å². The molecule has 0 spiro atoms. The smallest absolute Gasteiger partial charge is 0.234 e. The van der Waals surface area contributed by atoms with Gasteiger partial charge in [-0.1, -0.05) is 53.5 Å². The zero-order chi connectivity index (χ0) is 22.1. The molecule has 1 atom stereocenters. The van der Waals surface area contributed by atoms with Gasteiger partial charge in [0.25, 0.3) is 0 Å². The number of thioether (sulfide) groups is 1. The van der Waals surface area contributed by atoms with Gasteiger partial charge in [0, 0.05) is 22.4 Å². The third-order valence-corrected chi connectivity index (χ3v) is 8.34. The van der Waals surface area contributed by atoms with Crippen LogP contribution < -0.4 is 5.32 Å². The van der Waals surface area contributed by atoms with Gasteiger partial charge in [-0.2, -0.15) is 0 Å². The van der Waals surface area contributed by atoms with Gasteiger partial charge in [0.1, 0.15) is 0 Å². The van der Waals surface area contributed by atoms with Gasteiger partial charge in [0.2, 0.25) is 5.91 Å². The van der Waals surface area contributed by atoms with Crippen LogP contribution in [0.3, 0.4) is 0 Å². The van der Waals surface area contributed by atoms with Gasteiger partial charge in [-0.25, -0.2) is 0 Å². The number of nitrogens with one attached hydrogen (secondary N) is 1. The normalized spacial score (nSPS) is 15.7. The summed E-state index contributed by atoms with van der Waals surface area (Å²) >= 11 is 21.3. The van der Waals surface area contributed by atoms with Crippen LogP contribution in [0.25, 0.3) is 11.4 Å². The summed E-state index contributed by atoms with van der Waals surface area (Å²) in [6, 6.07) is 3.05. The summed E-state index contributed by atoms with van der Waals surface area (Å²) in [6.45, 7) is 5.10. The summed E-state index contributed by atoms with van der Waals surface area (Å²) in [5, 5.41) is 15.5. The Morgan fingerprint density at radius 1 is 1.26 bits per heavy atom. The zero-order valence-electron chi connectivity index (χ0n) is 17.0. The predicted octanol–water partition coefficient (Wildman–Crippen LogP) is 6.84. The largest absolute Gasteiger partial charge is 0.324 e. The number of rotatable bonds is 6. The van der Waals surface area contributed by atoms with E-state index in [1.807, 2.05) is 11.3 Å². The molecule has 0 saturated carbocycles. The minimum absolute atomic E-state index is 0.175. The molecule has 10 heteroatoms. The number of carbonyl (C=O) groups is 1. The van der Waals surface area contributed by atoms with Crippen LogP contribution in [-0.2, 0) is 24.2 Å². The summed E-state index contributed by atoms with van der Waals surface area (Å²) in [6.07, 6.45) is 3.43. The third-order valence-electron chi connectivity index (χ3n) is 5.29. The Hall–Kier alpha value is -1.25. The highest BCUT2D eigenvalue weighted by atomic mass is 35.5. The standard InChI is InChI=1S/C21H21Cl3N4OS2/c1-3-28-20(13-9-30-18-6-11(2)4-5-12(13)18)26-27-21(28)31-10-19(29)25-17-8-15(23)14(22)7-16(17)24/h7-9,11H,3-6,10H2,1-2H3,(H,25,29). The highest BCUT2D eigenvalue weighted by Gasteiger charge is 2.24. The molecule has 1 N–H and O–H groups in total. The molecule has 3 aromatic rings. The molecule has 0 aliphatic heterocycles. The van der Waals surface area contributed by atoms with E-state index >= 15 is 0 Å².